The van der Waals surface area contributed by atoms with E-state index < -0.39 is 17.7 Å². The zero-order chi connectivity index (χ0) is 19.3. The van der Waals surface area contributed by atoms with Gasteiger partial charge in [0.15, 0.2) is 0 Å². The molecule has 1 aromatic carbocycles. The monoisotopic (exact) mass is 362 g/mol. The summed E-state index contributed by atoms with van der Waals surface area (Å²) >= 11 is 0. The van der Waals surface area contributed by atoms with Crippen molar-refractivity contribution in [1.29, 1.82) is 0 Å². The molecular weight excluding hydrogens is 345 g/mol. The van der Waals surface area contributed by atoms with E-state index in [0.717, 1.165) is 24.0 Å². The Morgan fingerprint density at radius 2 is 1.69 bits per heavy atom. The van der Waals surface area contributed by atoms with Crippen molar-refractivity contribution in [2.45, 2.75) is 6.18 Å². The van der Waals surface area contributed by atoms with E-state index in [0.29, 0.717) is 16.7 Å². The minimum Gasteiger partial charge on any atom is -0.478 e. The zero-order valence-corrected chi connectivity index (χ0v) is 14.2. The van der Waals surface area contributed by atoms with Gasteiger partial charge in [0.2, 0.25) is 0 Å². The second kappa shape index (κ2) is 7.86. The lowest BCUT2D eigenvalue weighted by atomic mass is 9.97. The summed E-state index contributed by atoms with van der Waals surface area (Å²) in [5, 5.41) is 8.73. The van der Waals surface area contributed by atoms with E-state index in [9.17, 15) is 18.0 Å². The third-order valence-electron chi connectivity index (χ3n) is 3.54. The number of rotatable bonds is 5. The third-order valence-corrected chi connectivity index (χ3v) is 3.54. The van der Waals surface area contributed by atoms with Crippen molar-refractivity contribution in [2.24, 2.45) is 0 Å². The van der Waals surface area contributed by atoms with E-state index in [-0.39, 0.29) is 0 Å². The Bertz CT molecular complexity index is 821. The van der Waals surface area contributed by atoms with Gasteiger partial charge in [-0.05, 0) is 35.4 Å². The van der Waals surface area contributed by atoms with Gasteiger partial charge >= 0.3 is 12.1 Å². The number of benzene rings is 1. The molecule has 4 nitrogen and oxygen atoms in total. The summed E-state index contributed by atoms with van der Waals surface area (Å²) in [5.41, 5.74) is 0.995. The van der Waals surface area contributed by atoms with Crippen LogP contribution in [0.2, 0.25) is 0 Å². The molecule has 0 saturated carbocycles. The molecule has 0 aliphatic carbocycles. The van der Waals surface area contributed by atoms with Gasteiger partial charge in [-0.2, -0.15) is 13.2 Å². The number of carboxylic acid groups (broad SMARTS) is 1. The molecule has 0 aliphatic rings. The molecule has 0 fully saturated rings. The third kappa shape index (κ3) is 4.95. The average molecular weight is 362 g/mol. The lowest BCUT2D eigenvalue weighted by molar-refractivity contribution is -0.137. The summed E-state index contributed by atoms with van der Waals surface area (Å²) < 4.78 is 38.2. The van der Waals surface area contributed by atoms with Crippen LogP contribution in [0.25, 0.3) is 5.57 Å². The number of allylic oxidation sites excluding steroid dienone is 2. The second-order valence-corrected chi connectivity index (χ2v) is 5.65. The fraction of sp³-hybridized carbons (Fsp3) is 0.158. The van der Waals surface area contributed by atoms with Crippen LogP contribution in [-0.2, 0) is 11.0 Å². The number of hydrogen-bond acceptors (Lipinski definition) is 3. The first-order valence-corrected chi connectivity index (χ1v) is 7.61. The molecule has 2 rings (SSSR count). The van der Waals surface area contributed by atoms with Crippen molar-refractivity contribution in [1.82, 2.24) is 4.98 Å². The highest BCUT2D eigenvalue weighted by atomic mass is 19.4. The normalized spacial score (nSPS) is 12.4. The number of nitrogens with zero attached hydrogens (tertiary/aromatic N) is 2. The van der Waals surface area contributed by atoms with Crippen LogP contribution in [0.3, 0.4) is 0 Å². The molecule has 0 spiro atoms. The average Bonchev–Trinajstić information content (AvgIpc) is 2.58. The van der Waals surface area contributed by atoms with E-state index >= 15 is 0 Å². The number of aromatic nitrogens is 1. The van der Waals surface area contributed by atoms with E-state index in [1.54, 1.807) is 18.3 Å². The van der Waals surface area contributed by atoms with Crippen LogP contribution in [0.4, 0.5) is 19.0 Å². The van der Waals surface area contributed by atoms with Gasteiger partial charge in [-0.25, -0.2) is 9.78 Å². The quantitative estimate of drug-likeness (QED) is 0.639. The first kappa shape index (κ1) is 19.2. The SMILES string of the molecule is CN(C)c1ccc(C(=CC=CC(=O)O)c2ccc(C(F)(F)F)cc2)cn1. The highest BCUT2D eigenvalue weighted by Crippen LogP contribution is 2.31. The minimum atomic E-state index is -4.42. The molecule has 136 valence electrons. The molecule has 26 heavy (non-hydrogen) atoms. The van der Waals surface area contributed by atoms with Gasteiger partial charge in [0.25, 0.3) is 0 Å². The fourth-order valence-corrected chi connectivity index (χ4v) is 2.23. The summed E-state index contributed by atoms with van der Waals surface area (Å²) in [6.07, 6.45) is 0.984. The number of pyridine rings is 1. The fourth-order valence-electron chi connectivity index (χ4n) is 2.23. The van der Waals surface area contributed by atoms with E-state index in [4.69, 9.17) is 5.11 Å². The van der Waals surface area contributed by atoms with Crippen molar-refractivity contribution < 1.29 is 23.1 Å². The van der Waals surface area contributed by atoms with Crippen molar-refractivity contribution in [3.05, 3.63) is 77.5 Å². The van der Waals surface area contributed by atoms with Gasteiger partial charge in [0, 0.05) is 31.9 Å². The predicted octanol–water partition coefficient (Wildman–Crippen LogP) is 4.24. The number of carbonyl (C=O) groups is 1. The predicted molar refractivity (Wildman–Crippen MR) is 93.9 cm³/mol. The topological polar surface area (TPSA) is 53.4 Å². The van der Waals surface area contributed by atoms with Gasteiger partial charge in [0.05, 0.1) is 5.56 Å². The van der Waals surface area contributed by atoms with Crippen LogP contribution in [0.15, 0.2) is 60.8 Å². The molecule has 1 heterocycles. The molecule has 0 saturated heterocycles. The molecule has 1 aromatic heterocycles. The molecule has 2 aromatic rings. The highest BCUT2D eigenvalue weighted by Gasteiger charge is 2.30. The van der Waals surface area contributed by atoms with Gasteiger partial charge in [0.1, 0.15) is 5.82 Å². The lowest BCUT2D eigenvalue weighted by Gasteiger charge is -2.13. The van der Waals surface area contributed by atoms with E-state index in [2.05, 4.69) is 4.98 Å². The Labute approximate surface area is 148 Å². The molecule has 0 atom stereocenters. The number of anilines is 1. The van der Waals surface area contributed by atoms with Crippen molar-refractivity contribution in [2.75, 3.05) is 19.0 Å². The lowest BCUT2D eigenvalue weighted by Crippen LogP contribution is -2.10. The van der Waals surface area contributed by atoms with E-state index in [1.807, 2.05) is 19.0 Å². The van der Waals surface area contributed by atoms with Crippen molar-refractivity contribution in [3.63, 3.8) is 0 Å². The Kier molecular flexibility index (Phi) is 5.82. The first-order chi connectivity index (χ1) is 12.2. The van der Waals surface area contributed by atoms with E-state index in [1.165, 1.54) is 24.3 Å². The Morgan fingerprint density at radius 3 is 2.15 bits per heavy atom. The highest BCUT2D eigenvalue weighted by molar-refractivity contribution is 5.84. The maximum atomic E-state index is 12.7. The molecule has 0 bridgehead atoms. The number of hydrogen-bond donors (Lipinski definition) is 1. The molecule has 0 radical (unpaired) electrons. The van der Waals surface area contributed by atoms with Crippen LogP contribution in [-0.4, -0.2) is 30.2 Å². The standard InChI is InChI=1S/C19H17F3N2O2/c1-24(2)17-11-8-14(12-23-17)16(4-3-5-18(25)26)13-6-9-15(10-7-13)19(20,21)22/h3-12H,1-2H3,(H,25,26). The maximum absolute atomic E-state index is 12.7. The minimum absolute atomic E-state index is 0.521. The summed E-state index contributed by atoms with van der Waals surface area (Å²) in [7, 11) is 3.68. The number of halogens is 3. The summed E-state index contributed by atoms with van der Waals surface area (Å²) in [5.74, 6) is -0.393. The van der Waals surface area contributed by atoms with Crippen molar-refractivity contribution in [3.8, 4) is 0 Å². The summed E-state index contributed by atoms with van der Waals surface area (Å²) in [4.78, 5) is 16.8. The zero-order valence-electron chi connectivity index (χ0n) is 14.2. The maximum Gasteiger partial charge on any atom is 0.416 e. The summed E-state index contributed by atoms with van der Waals surface area (Å²) in [6.45, 7) is 0. The second-order valence-electron chi connectivity index (χ2n) is 5.65. The van der Waals surface area contributed by atoms with Gasteiger partial charge in [-0.1, -0.05) is 24.3 Å². The van der Waals surface area contributed by atoms with Crippen LogP contribution in [0.5, 0.6) is 0 Å². The van der Waals surface area contributed by atoms with Gasteiger partial charge in [-0.3, -0.25) is 0 Å². The summed E-state index contributed by atoms with van der Waals surface area (Å²) in [6, 6.07) is 8.23. The molecule has 0 amide bonds. The molecule has 0 unspecified atom stereocenters. The first-order valence-electron chi connectivity index (χ1n) is 7.61. The number of aliphatic carboxylic acids is 1. The Morgan fingerprint density at radius 1 is 1.08 bits per heavy atom. The molecule has 1 N–H and O–H groups in total. The van der Waals surface area contributed by atoms with Crippen molar-refractivity contribution >= 4 is 17.4 Å². The number of carboxylic acids is 1. The van der Waals surface area contributed by atoms with Crippen LogP contribution >= 0.6 is 0 Å². The molecular formula is C19H17F3N2O2. The molecule has 7 heteroatoms. The largest absolute Gasteiger partial charge is 0.478 e. The van der Waals surface area contributed by atoms with Crippen LogP contribution in [0, 0.1) is 0 Å². The van der Waals surface area contributed by atoms with Crippen LogP contribution in [0.1, 0.15) is 16.7 Å². The Hall–Kier alpha value is -3.09. The molecule has 0 aliphatic heterocycles. The van der Waals surface area contributed by atoms with Gasteiger partial charge < -0.3 is 10.0 Å². The number of alkyl halides is 3. The van der Waals surface area contributed by atoms with Crippen LogP contribution < -0.4 is 4.90 Å². The smallest absolute Gasteiger partial charge is 0.416 e. The Balaban J connectivity index is 2.46. The van der Waals surface area contributed by atoms with Gasteiger partial charge in [-0.15, -0.1) is 0 Å².